The minimum absolute atomic E-state index is 0.219. The SMILES string of the molecule is CCC1COC(C)CN1c1ncnc2cc(N)ccc12. The Morgan fingerprint density at radius 1 is 1.40 bits per heavy atom. The first-order valence-electron chi connectivity index (χ1n) is 7.07. The predicted octanol–water partition coefficient (Wildman–Crippen LogP) is 2.22. The number of hydrogen-bond donors (Lipinski definition) is 1. The Balaban J connectivity index is 2.08. The summed E-state index contributed by atoms with van der Waals surface area (Å²) < 4.78 is 5.76. The van der Waals surface area contributed by atoms with E-state index >= 15 is 0 Å². The van der Waals surface area contributed by atoms with Gasteiger partial charge in [-0.2, -0.15) is 0 Å². The fraction of sp³-hybridized carbons (Fsp3) is 0.467. The quantitative estimate of drug-likeness (QED) is 0.849. The maximum atomic E-state index is 5.83. The fourth-order valence-electron chi connectivity index (χ4n) is 2.73. The highest BCUT2D eigenvalue weighted by Crippen LogP contribution is 2.28. The molecule has 0 radical (unpaired) electrons. The lowest BCUT2D eigenvalue weighted by molar-refractivity contribution is 0.0297. The first kappa shape index (κ1) is 13.1. The van der Waals surface area contributed by atoms with Crippen LogP contribution in [-0.2, 0) is 4.74 Å². The van der Waals surface area contributed by atoms with Crippen LogP contribution >= 0.6 is 0 Å². The van der Waals surface area contributed by atoms with E-state index in [9.17, 15) is 0 Å². The molecule has 2 heterocycles. The van der Waals surface area contributed by atoms with Gasteiger partial charge in [0.1, 0.15) is 12.1 Å². The van der Waals surface area contributed by atoms with Crippen molar-refractivity contribution >= 4 is 22.4 Å². The maximum Gasteiger partial charge on any atom is 0.140 e. The van der Waals surface area contributed by atoms with E-state index < -0.39 is 0 Å². The van der Waals surface area contributed by atoms with Crippen molar-refractivity contribution in [2.24, 2.45) is 0 Å². The number of nitrogens with two attached hydrogens (primary N) is 1. The van der Waals surface area contributed by atoms with Crippen LogP contribution in [0.2, 0.25) is 0 Å². The number of nitrogen functional groups attached to an aromatic ring is 1. The molecule has 1 aromatic heterocycles. The summed E-state index contributed by atoms with van der Waals surface area (Å²) in [7, 11) is 0. The Morgan fingerprint density at radius 3 is 3.05 bits per heavy atom. The van der Waals surface area contributed by atoms with Crippen LogP contribution in [-0.4, -0.2) is 35.3 Å². The number of benzene rings is 1. The average Bonchev–Trinajstić information content (AvgIpc) is 2.46. The van der Waals surface area contributed by atoms with Gasteiger partial charge < -0.3 is 15.4 Å². The van der Waals surface area contributed by atoms with Gasteiger partial charge in [-0.1, -0.05) is 6.92 Å². The number of aromatic nitrogens is 2. The molecule has 2 atom stereocenters. The second kappa shape index (κ2) is 5.25. The van der Waals surface area contributed by atoms with Crippen LogP contribution in [0.5, 0.6) is 0 Å². The zero-order chi connectivity index (χ0) is 14.1. The molecule has 3 rings (SSSR count). The molecule has 1 aromatic carbocycles. The van der Waals surface area contributed by atoms with E-state index in [2.05, 4.69) is 28.7 Å². The lowest BCUT2D eigenvalue weighted by atomic mass is 10.1. The molecule has 2 N–H and O–H groups in total. The van der Waals surface area contributed by atoms with E-state index in [4.69, 9.17) is 10.5 Å². The van der Waals surface area contributed by atoms with Gasteiger partial charge in [0.05, 0.1) is 24.3 Å². The number of fused-ring (bicyclic) bond motifs is 1. The molecule has 1 fully saturated rings. The van der Waals surface area contributed by atoms with Crippen molar-refractivity contribution in [3.05, 3.63) is 24.5 Å². The van der Waals surface area contributed by atoms with Gasteiger partial charge >= 0.3 is 0 Å². The van der Waals surface area contributed by atoms with Crippen molar-refractivity contribution in [2.45, 2.75) is 32.4 Å². The third kappa shape index (κ3) is 2.29. The van der Waals surface area contributed by atoms with Crippen LogP contribution in [0.4, 0.5) is 11.5 Å². The number of rotatable bonds is 2. The molecule has 0 saturated carbocycles. The second-order valence-corrected chi connectivity index (χ2v) is 5.33. The number of nitrogens with zero attached hydrogens (tertiary/aromatic N) is 3. The first-order valence-corrected chi connectivity index (χ1v) is 7.07. The zero-order valence-electron chi connectivity index (χ0n) is 11.9. The molecule has 1 aliphatic heterocycles. The Labute approximate surface area is 118 Å². The van der Waals surface area contributed by atoms with Gasteiger partial charge in [0.25, 0.3) is 0 Å². The van der Waals surface area contributed by atoms with Gasteiger partial charge in [0.15, 0.2) is 0 Å². The summed E-state index contributed by atoms with van der Waals surface area (Å²) in [5.74, 6) is 0.983. The highest BCUT2D eigenvalue weighted by Gasteiger charge is 2.27. The molecular weight excluding hydrogens is 252 g/mol. The average molecular weight is 272 g/mol. The number of anilines is 2. The second-order valence-electron chi connectivity index (χ2n) is 5.33. The van der Waals surface area contributed by atoms with Crippen molar-refractivity contribution in [3.63, 3.8) is 0 Å². The van der Waals surface area contributed by atoms with Crippen LogP contribution in [0.25, 0.3) is 10.9 Å². The summed E-state index contributed by atoms with van der Waals surface area (Å²) >= 11 is 0. The van der Waals surface area contributed by atoms with E-state index in [1.54, 1.807) is 6.33 Å². The third-order valence-electron chi connectivity index (χ3n) is 3.85. The number of morpholine rings is 1. The Hall–Kier alpha value is -1.88. The van der Waals surface area contributed by atoms with Gasteiger partial charge in [-0.15, -0.1) is 0 Å². The van der Waals surface area contributed by atoms with Crippen LogP contribution in [0.15, 0.2) is 24.5 Å². The molecule has 1 saturated heterocycles. The highest BCUT2D eigenvalue weighted by atomic mass is 16.5. The molecule has 2 aromatic rings. The molecule has 0 aliphatic carbocycles. The van der Waals surface area contributed by atoms with Crippen molar-refractivity contribution < 1.29 is 4.74 Å². The van der Waals surface area contributed by atoms with E-state index in [-0.39, 0.29) is 6.10 Å². The fourth-order valence-corrected chi connectivity index (χ4v) is 2.73. The smallest absolute Gasteiger partial charge is 0.140 e. The molecule has 2 unspecified atom stereocenters. The van der Waals surface area contributed by atoms with Crippen LogP contribution in [0, 0.1) is 0 Å². The largest absolute Gasteiger partial charge is 0.399 e. The Bertz CT molecular complexity index is 616. The van der Waals surface area contributed by atoms with Gasteiger partial charge in [-0.05, 0) is 31.5 Å². The number of ether oxygens (including phenoxy) is 1. The first-order chi connectivity index (χ1) is 9.69. The van der Waals surface area contributed by atoms with Crippen molar-refractivity contribution in [1.82, 2.24) is 9.97 Å². The molecule has 106 valence electrons. The predicted molar refractivity (Wildman–Crippen MR) is 80.8 cm³/mol. The summed E-state index contributed by atoms with van der Waals surface area (Å²) in [6, 6.07) is 6.17. The third-order valence-corrected chi connectivity index (χ3v) is 3.85. The molecule has 0 bridgehead atoms. The minimum Gasteiger partial charge on any atom is -0.399 e. The standard InChI is InChI=1S/C15H20N4O/c1-3-12-8-20-10(2)7-19(12)15-13-5-4-11(16)6-14(13)17-9-18-15/h4-6,9-10,12H,3,7-8,16H2,1-2H3. The lowest BCUT2D eigenvalue weighted by Gasteiger charge is -2.39. The molecule has 1 aliphatic rings. The van der Waals surface area contributed by atoms with E-state index in [0.717, 1.165) is 42.0 Å². The normalized spacial score (nSPS) is 23.2. The highest BCUT2D eigenvalue weighted by molar-refractivity contribution is 5.91. The van der Waals surface area contributed by atoms with Crippen molar-refractivity contribution in [1.29, 1.82) is 0 Å². The van der Waals surface area contributed by atoms with Gasteiger partial charge in [-0.3, -0.25) is 0 Å². The van der Waals surface area contributed by atoms with Gasteiger partial charge in [0, 0.05) is 17.6 Å². The van der Waals surface area contributed by atoms with Gasteiger partial charge in [0.2, 0.25) is 0 Å². The summed E-state index contributed by atoms with van der Waals surface area (Å²) in [4.78, 5) is 11.2. The van der Waals surface area contributed by atoms with E-state index in [1.807, 2.05) is 18.2 Å². The van der Waals surface area contributed by atoms with Crippen LogP contribution in [0.1, 0.15) is 20.3 Å². The minimum atomic E-state index is 0.219. The molecule has 0 spiro atoms. The van der Waals surface area contributed by atoms with Crippen molar-refractivity contribution in [3.8, 4) is 0 Å². The number of hydrogen-bond acceptors (Lipinski definition) is 5. The summed E-state index contributed by atoms with van der Waals surface area (Å²) in [5, 5.41) is 1.05. The van der Waals surface area contributed by atoms with Crippen LogP contribution in [0.3, 0.4) is 0 Å². The molecule has 5 nitrogen and oxygen atoms in total. The monoisotopic (exact) mass is 272 g/mol. The maximum absolute atomic E-state index is 5.83. The Kier molecular flexibility index (Phi) is 3.44. The zero-order valence-corrected chi connectivity index (χ0v) is 11.9. The summed E-state index contributed by atoms with van der Waals surface area (Å²) in [5.41, 5.74) is 7.45. The van der Waals surface area contributed by atoms with Gasteiger partial charge in [-0.25, -0.2) is 9.97 Å². The lowest BCUT2D eigenvalue weighted by Crippen LogP contribution is -2.49. The van der Waals surface area contributed by atoms with Crippen molar-refractivity contribution in [2.75, 3.05) is 23.8 Å². The Morgan fingerprint density at radius 2 is 2.25 bits per heavy atom. The topological polar surface area (TPSA) is 64.3 Å². The summed E-state index contributed by atoms with van der Waals surface area (Å²) in [6.45, 7) is 5.88. The van der Waals surface area contributed by atoms with E-state index in [1.165, 1.54) is 0 Å². The van der Waals surface area contributed by atoms with E-state index in [0.29, 0.717) is 6.04 Å². The molecule has 20 heavy (non-hydrogen) atoms. The molecule has 5 heteroatoms. The van der Waals surface area contributed by atoms with Crippen LogP contribution < -0.4 is 10.6 Å². The molecular formula is C15H20N4O. The summed E-state index contributed by atoms with van der Waals surface area (Å²) in [6.07, 6.45) is 2.87. The molecule has 0 amide bonds.